The molecule has 0 saturated carbocycles. The normalized spacial score (nSPS) is 17.3. The molecule has 3 aromatic carbocycles. The van der Waals surface area contributed by atoms with E-state index in [1.807, 2.05) is 18.2 Å². The van der Waals surface area contributed by atoms with E-state index in [4.69, 9.17) is 4.74 Å². The van der Waals surface area contributed by atoms with E-state index in [9.17, 15) is 18.0 Å². The van der Waals surface area contributed by atoms with E-state index in [0.29, 0.717) is 16.0 Å². The Morgan fingerprint density at radius 2 is 1.74 bits per heavy atom. The predicted octanol–water partition coefficient (Wildman–Crippen LogP) is 7.87. The number of benzene rings is 3. The van der Waals surface area contributed by atoms with Crippen LogP contribution in [0.4, 0.5) is 13.2 Å². The molecule has 4 aromatic rings. The third-order valence-corrected chi connectivity index (χ3v) is 9.89. The van der Waals surface area contributed by atoms with Crippen molar-refractivity contribution in [2.75, 3.05) is 26.2 Å². The maximum absolute atomic E-state index is 13.2. The minimum Gasteiger partial charge on any atom is -0.489 e. The van der Waals surface area contributed by atoms with Crippen molar-refractivity contribution >= 4 is 43.3 Å². The van der Waals surface area contributed by atoms with E-state index in [2.05, 4.69) is 49.7 Å². The van der Waals surface area contributed by atoms with E-state index >= 15 is 0 Å². The van der Waals surface area contributed by atoms with Gasteiger partial charge in [0.1, 0.15) is 11.9 Å². The van der Waals surface area contributed by atoms with Crippen LogP contribution in [0.5, 0.6) is 5.75 Å². The number of fused-ring (bicyclic) bond motifs is 1. The molecule has 3 heterocycles. The van der Waals surface area contributed by atoms with Gasteiger partial charge in [-0.05, 0) is 113 Å². The van der Waals surface area contributed by atoms with Crippen molar-refractivity contribution in [3.63, 3.8) is 0 Å². The molecule has 10 heteroatoms. The van der Waals surface area contributed by atoms with Gasteiger partial charge in [-0.1, -0.05) is 30.3 Å². The van der Waals surface area contributed by atoms with Gasteiger partial charge in [-0.15, -0.1) is 11.3 Å². The summed E-state index contributed by atoms with van der Waals surface area (Å²) >= 11 is 5.05. The van der Waals surface area contributed by atoms with E-state index in [0.717, 1.165) is 90.8 Å². The lowest BCUT2D eigenvalue weighted by Gasteiger charge is -2.32. The van der Waals surface area contributed by atoms with E-state index in [1.165, 1.54) is 23.0 Å². The fraction of sp³-hybridized carbons (Fsp3) is 0.364. The molecule has 43 heavy (non-hydrogen) atoms. The number of likely N-dealkylation sites (tertiary alicyclic amines) is 1. The molecule has 2 fully saturated rings. The minimum absolute atomic E-state index is 0.0992. The highest BCUT2D eigenvalue weighted by molar-refractivity contribution is 9.10. The van der Waals surface area contributed by atoms with Gasteiger partial charge in [0.25, 0.3) is 5.91 Å². The summed E-state index contributed by atoms with van der Waals surface area (Å²) in [4.78, 5) is 16.1. The van der Waals surface area contributed by atoms with Crippen LogP contribution < -0.4 is 15.4 Å². The predicted molar refractivity (Wildman–Crippen MR) is 169 cm³/mol. The summed E-state index contributed by atoms with van der Waals surface area (Å²) in [6.07, 6.45) is -0.357. The first kappa shape index (κ1) is 30.1. The molecule has 0 unspecified atom stereocenters. The number of carbonyl (C=O) groups is 1. The average molecular weight is 673 g/mol. The van der Waals surface area contributed by atoms with Gasteiger partial charge in [-0.3, -0.25) is 9.69 Å². The monoisotopic (exact) mass is 671 g/mol. The molecule has 2 N–H and O–H groups in total. The summed E-state index contributed by atoms with van der Waals surface area (Å²) in [6.45, 7) is 4.62. The van der Waals surface area contributed by atoms with Gasteiger partial charge in [0, 0.05) is 30.4 Å². The number of hydrogen-bond donors (Lipinski definition) is 2. The van der Waals surface area contributed by atoms with Gasteiger partial charge in [0.2, 0.25) is 0 Å². The van der Waals surface area contributed by atoms with Gasteiger partial charge in [-0.25, -0.2) is 0 Å². The average Bonchev–Trinajstić information content (AvgIpc) is 3.44. The minimum atomic E-state index is -4.39. The van der Waals surface area contributed by atoms with Crippen molar-refractivity contribution in [2.24, 2.45) is 0 Å². The van der Waals surface area contributed by atoms with Gasteiger partial charge < -0.3 is 15.4 Å². The topological polar surface area (TPSA) is 53.6 Å². The summed E-state index contributed by atoms with van der Waals surface area (Å²) in [5.41, 5.74) is 1.74. The highest BCUT2D eigenvalue weighted by Crippen LogP contribution is 2.35. The van der Waals surface area contributed by atoms with Gasteiger partial charge >= 0.3 is 6.18 Å². The molecule has 0 radical (unpaired) electrons. The quantitative estimate of drug-likeness (QED) is 0.210. The third-order valence-electron chi connectivity index (χ3n) is 8.17. The molecule has 0 atom stereocenters. The van der Waals surface area contributed by atoms with Crippen molar-refractivity contribution in [2.45, 2.75) is 50.6 Å². The lowest BCUT2D eigenvalue weighted by atomic mass is 10.0. The van der Waals surface area contributed by atoms with Gasteiger partial charge in [0.05, 0.1) is 14.9 Å². The van der Waals surface area contributed by atoms with Crippen molar-refractivity contribution in [1.29, 1.82) is 0 Å². The lowest BCUT2D eigenvalue weighted by Crippen LogP contribution is -2.44. The molecule has 226 valence electrons. The molecule has 2 saturated heterocycles. The summed E-state index contributed by atoms with van der Waals surface area (Å²) in [5, 5.41) is 7.46. The van der Waals surface area contributed by atoms with Crippen LogP contribution >= 0.6 is 27.3 Å². The molecule has 0 bridgehead atoms. The zero-order valence-electron chi connectivity index (χ0n) is 23.6. The summed E-state index contributed by atoms with van der Waals surface area (Å²) in [7, 11) is 0. The van der Waals surface area contributed by atoms with Crippen molar-refractivity contribution in [3.05, 3.63) is 87.2 Å². The fourth-order valence-electron chi connectivity index (χ4n) is 5.78. The zero-order chi connectivity index (χ0) is 30.0. The fourth-order valence-corrected chi connectivity index (χ4v) is 7.30. The molecular formula is C33H33BrF3N3O2S. The molecular weight excluding hydrogens is 639 g/mol. The first-order valence-corrected chi connectivity index (χ1v) is 16.2. The highest BCUT2D eigenvalue weighted by Gasteiger charge is 2.30. The number of amides is 1. The highest BCUT2D eigenvalue weighted by atomic mass is 79.9. The number of piperidine rings is 2. The summed E-state index contributed by atoms with van der Waals surface area (Å²) in [6, 6.07) is 19.1. The van der Waals surface area contributed by atoms with Crippen molar-refractivity contribution < 1.29 is 22.7 Å². The van der Waals surface area contributed by atoms with Crippen molar-refractivity contribution in [1.82, 2.24) is 15.5 Å². The Morgan fingerprint density at radius 1 is 0.977 bits per heavy atom. The Balaban J connectivity index is 1.02. The number of nitrogens with one attached hydrogen (secondary N) is 2. The third kappa shape index (κ3) is 7.42. The Labute approximate surface area is 261 Å². The lowest BCUT2D eigenvalue weighted by molar-refractivity contribution is -0.137. The molecule has 5 nitrogen and oxygen atoms in total. The van der Waals surface area contributed by atoms with E-state index in [1.54, 1.807) is 12.1 Å². The Bertz CT molecular complexity index is 1590. The van der Waals surface area contributed by atoms with E-state index in [-0.39, 0.29) is 18.1 Å². The Kier molecular flexibility index (Phi) is 9.09. The number of rotatable bonds is 7. The standard InChI is InChI=1S/C33H33BrF3N3O2S/c34-28-16-21(4-7-29(28)42-27-8-12-38-13-9-27)20-40-14-10-26(11-15-40)39-32(41)31-19-24-6-5-23(18-30(24)43-31)22-2-1-3-25(17-22)33(35,36)37/h1-7,16-19,26-27,38H,8-15,20H2,(H,39,41). The van der Waals surface area contributed by atoms with Crippen LogP contribution in [0.2, 0.25) is 0 Å². The SMILES string of the molecule is O=C(NC1CCN(Cc2ccc(OC3CCNCC3)c(Br)c2)CC1)c1cc2ccc(-c3cccc(C(F)(F)F)c3)cc2s1. The van der Waals surface area contributed by atoms with Crippen LogP contribution in [0.25, 0.3) is 21.2 Å². The number of hydrogen-bond acceptors (Lipinski definition) is 5. The van der Waals surface area contributed by atoms with Crippen molar-refractivity contribution in [3.8, 4) is 16.9 Å². The smallest absolute Gasteiger partial charge is 0.416 e. The molecule has 1 amide bonds. The van der Waals surface area contributed by atoms with Crippen LogP contribution in [0.15, 0.2) is 71.2 Å². The van der Waals surface area contributed by atoms with Crippen LogP contribution in [-0.4, -0.2) is 49.1 Å². The Hall–Kier alpha value is -2.92. The number of alkyl halides is 3. The molecule has 0 aliphatic carbocycles. The molecule has 6 rings (SSSR count). The first-order valence-electron chi connectivity index (χ1n) is 14.6. The Morgan fingerprint density at radius 3 is 2.49 bits per heavy atom. The zero-order valence-corrected chi connectivity index (χ0v) is 26.0. The largest absolute Gasteiger partial charge is 0.489 e. The number of carbonyl (C=O) groups excluding carboxylic acids is 1. The van der Waals surface area contributed by atoms with Gasteiger partial charge in [0.15, 0.2) is 0 Å². The molecule has 2 aliphatic rings. The molecule has 2 aliphatic heterocycles. The van der Waals surface area contributed by atoms with Crippen LogP contribution in [0.1, 0.15) is 46.5 Å². The van der Waals surface area contributed by atoms with Gasteiger partial charge in [-0.2, -0.15) is 13.2 Å². The second-order valence-corrected chi connectivity index (χ2v) is 13.2. The van der Waals surface area contributed by atoms with Crippen LogP contribution in [0.3, 0.4) is 0 Å². The van der Waals surface area contributed by atoms with E-state index < -0.39 is 11.7 Å². The number of halogens is 4. The second-order valence-electron chi connectivity index (χ2n) is 11.3. The maximum Gasteiger partial charge on any atom is 0.416 e. The molecule has 1 aromatic heterocycles. The number of nitrogens with zero attached hydrogens (tertiary/aromatic N) is 1. The molecule has 0 spiro atoms. The summed E-state index contributed by atoms with van der Waals surface area (Å²) < 4.78 is 47.6. The number of thiophene rings is 1. The maximum atomic E-state index is 13.2. The van der Waals surface area contributed by atoms with Crippen LogP contribution in [-0.2, 0) is 12.7 Å². The second kappa shape index (κ2) is 13.0. The first-order chi connectivity index (χ1) is 20.7. The number of ether oxygens (including phenoxy) is 1. The summed E-state index contributed by atoms with van der Waals surface area (Å²) in [5.74, 6) is 0.790. The van der Waals surface area contributed by atoms with Crippen LogP contribution in [0, 0.1) is 0 Å².